The van der Waals surface area contributed by atoms with E-state index in [0.717, 1.165) is 27.7 Å². The van der Waals surface area contributed by atoms with Crippen molar-refractivity contribution in [2.75, 3.05) is 0 Å². The first-order valence-corrected chi connectivity index (χ1v) is 8.92. The van der Waals surface area contributed by atoms with Gasteiger partial charge in [0.2, 0.25) is 0 Å². The number of aromatic nitrogens is 2. The minimum Gasteiger partial charge on any atom is -0.228 e. The van der Waals surface area contributed by atoms with E-state index in [4.69, 9.17) is 33.2 Å². The molecule has 0 radical (unpaired) electrons. The molecule has 0 bridgehead atoms. The van der Waals surface area contributed by atoms with Crippen molar-refractivity contribution < 1.29 is 0 Å². The SMILES string of the molecule is Clc1ccc(/C=C/c2nc(-c3ccccc3)nc3ccccc23)c(Cl)c1. The lowest BCUT2D eigenvalue weighted by Crippen LogP contribution is -1.94. The van der Waals surface area contributed by atoms with Gasteiger partial charge in [-0.2, -0.15) is 0 Å². The second-order valence-electron chi connectivity index (χ2n) is 5.81. The molecule has 4 heteroatoms. The van der Waals surface area contributed by atoms with E-state index in [1.165, 1.54) is 0 Å². The number of nitrogens with zero attached hydrogens (tertiary/aromatic N) is 2. The fourth-order valence-electron chi connectivity index (χ4n) is 2.75. The third kappa shape index (κ3) is 3.48. The van der Waals surface area contributed by atoms with Gasteiger partial charge in [0.1, 0.15) is 0 Å². The monoisotopic (exact) mass is 376 g/mol. The Morgan fingerprint density at radius 2 is 1.50 bits per heavy atom. The standard InChI is InChI=1S/C22H14Cl2N2/c23-17-12-10-15(19(24)14-17)11-13-21-18-8-4-5-9-20(18)25-22(26-21)16-6-2-1-3-7-16/h1-14H/b13-11+. The van der Waals surface area contributed by atoms with E-state index >= 15 is 0 Å². The molecule has 0 spiro atoms. The number of benzene rings is 3. The molecule has 0 atom stereocenters. The summed E-state index contributed by atoms with van der Waals surface area (Å²) in [6.45, 7) is 0. The summed E-state index contributed by atoms with van der Waals surface area (Å²) < 4.78 is 0. The number of fused-ring (bicyclic) bond motifs is 1. The van der Waals surface area contributed by atoms with Crippen molar-refractivity contribution in [3.63, 3.8) is 0 Å². The molecule has 26 heavy (non-hydrogen) atoms. The van der Waals surface area contributed by atoms with Crippen molar-refractivity contribution in [3.8, 4) is 11.4 Å². The van der Waals surface area contributed by atoms with Gasteiger partial charge in [-0.1, -0.05) is 83.9 Å². The minimum atomic E-state index is 0.607. The van der Waals surface area contributed by atoms with Crippen LogP contribution in [0.2, 0.25) is 10.0 Å². The smallest absolute Gasteiger partial charge is 0.160 e. The van der Waals surface area contributed by atoms with Gasteiger partial charge in [-0.15, -0.1) is 0 Å². The van der Waals surface area contributed by atoms with E-state index < -0.39 is 0 Å². The molecular weight excluding hydrogens is 363 g/mol. The summed E-state index contributed by atoms with van der Waals surface area (Å²) in [5.74, 6) is 0.700. The molecule has 4 rings (SSSR count). The van der Waals surface area contributed by atoms with Crippen LogP contribution in [0.5, 0.6) is 0 Å². The van der Waals surface area contributed by atoms with Crippen LogP contribution < -0.4 is 0 Å². The fourth-order valence-corrected chi connectivity index (χ4v) is 3.22. The summed E-state index contributed by atoms with van der Waals surface area (Å²) in [4.78, 5) is 9.47. The Kier molecular flexibility index (Phi) is 4.70. The van der Waals surface area contributed by atoms with Crippen LogP contribution in [0.4, 0.5) is 0 Å². The normalized spacial score (nSPS) is 11.3. The molecule has 0 saturated carbocycles. The third-order valence-electron chi connectivity index (χ3n) is 4.05. The Labute approximate surface area is 161 Å². The maximum absolute atomic E-state index is 6.27. The van der Waals surface area contributed by atoms with Crippen molar-refractivity contribution in [3.05, 3.63) is 94.1 Å². The maximum Gasteiger partial charge on any atom is 0.160 e. The van der Waals surface area contributed by atoms with Gasteiger partial charge in [-0.25, -0.2) is 9.97 Å². The van der Waals surface area contributed by atoms with Crippen molar-refractivity contribution in [2.45, 2.75) is 0 Å². The van der Waals surface area contributed by atoms with Gasteiger partial charge in [0, 0.05) is 21.0 Å². The van der Waals surface area contributed by atoms with E-state index in [9.17, 15) is 0 Å². The summed E-state index contributed by atoms with van der Waals surface area (Å²) >= 11 is 12.2. The Balaban J connectivity index is 1.84. The average Bonchev–Trinajstić information content (AvgIpc) is 2.67. The molecule has 0 aliphatic heterocycles. The summed E-state index contributed by atoms with van der Waals surface area (Å²) in [6, 6.07) is 23.4. The van der Waals surface area contributed by atoms with Crippen LogP contribution >= 0.6 is 23.2 Å². The molecular formula is C22H14Cl2N2. The zero-order valence-corrected chi connectivity index (χ0v) is 15.2. The van der Waals surface area contributed by atoms with Gasteiger partial charge in [0.05, 0.1) is 11.2 Å². The van der Waals surface area contributed by atoms with Crippen LogP contribution in [0.1, 0.15) is 11.3 Å². The van der Waals surface area contributed by atoms with E-state index in [1.54, 1.807) is 6.07 Å². The zero-order valence-electron chi connectivity index (χ0n) is 13.7. The van der Waals surface area contributed by atoms with Gasteiger partial charge >= 0.3 is 0 Å². The third-order valence-corrected chi connectivity index (χ3v) is 4.61. The van der Waals surface area contributed by atoms with Gasteiger partial charge in [0.25, 0.3) is 0 Å². The molecule has 3 aromatic carbocycles. The van der Waals surface area contributed by atoms with Gasteiger partial charge < -0.3 is 0 Å². The second-order valence-corrected chi connectivity index (χ2v) is 6.66. The van der Waals surface area contributed by atoms with Crippen LogP contribution in [0, 0.1) is 0 Å². The van der Waals surface area contributed by atoms with Crippen molar-refractivity contribution in [1.82, 2.24) is 9.97 Å². The first kappa shape index (κ1) is 16.8. The number of rotatable bonds is 3. The van der Waals surface area contributed by atoms with Crippen LogP contribution in [0.3, 0.4) is 0 Å². The van der Waals surface area contributed by atoms with Crippen LogP contribution in [-0.2, 0) is 0 Å². The second kappa shape index (κ2) is 7.28. The number of hydrogen-bond donors (Lipinski definition) is 0. The number of para-hydroxylation sites is 1. The molecule has 0 aliphatic rings. The molecule has 4 aromatic rings. The first-order valence-electron chi connectivity index (χ1n) is 8.16. The predicted molar refractivity (Wildman–Crippen MR) is 110 cm³/mol. The van der Waals surface area contributed by atoms with Gasteiger partial charge in [0.15, 0.2) is 5.82 Å². The average molecular weight is 377 g/mol. The van der Waals surface area contributed by atoms with Crippen LogP contribution in [-0.4, -0.2) is 9.97 Å². The lowest BCUT2D eigenvalue weighted by molar-refractivity contribution is 1.21. The quantitative estimate of drug-likeness (QED) is 0.394. The molecule has 0 saturated heterocycles. The lowest BCUT2D eigenvalue weighted by atomic mass is 10.1. The Hall–Kier alpha value is -2.68. The molecule has 126 valence electrons. The molecule has 0 N–H and O–H groups in total. The number of halogens is 2. The Morgan fingerprint density at radius 1 is 0.731 bits per heavy atom. The van der Waals surface area contributed by atoms with E-state index in [1.807, 2.05) is 78.9 Å². The lowest BCUT2D eigenvalue weighted by Gasteiger charge is -2.06. The Morgan fingerprint density at radius 3 is 2.31 bits per heavy atom. The summed E-state index contributed by atoms with van der Waals surface area (Å²) in [6.07, 6.45) is 3.91. The van der Waals surface area contributed by atoms with Crippen molar-refractivity contribution in [2.24, 2.45) is 0 Å². The Bertz CT molecular complexity index is 1110. The topological polar surface area (TPSA) is 25.8 Å². The van der Waals surface area contributed by atoms with Crippen LogP contribution in [0.25, 0.3) is 34.4 Å². The highest BCUT2D eigenvalue weighted by molar-refractivity contribution is 6.35. The van der Waals surface area contributed by atoms with Crippen molar-refractivity contribution in [1.29, 1.82) is 0 Å². The summed E-state index contributed by atoms with van der Waals surface area (Å²) in [7, 11) is 0. The first-order chi connectivity index (χ1) is 12.7. The molecule has 0 amide bonds. The van der Waals surface area contributed by atoms with E-state index in [0.29, 0.717) is 15.9 Å². The maximum atomic E-state index is 6.27. The molecule has 2 nitrogen and oxygen atoms in total. The zero-order chi connectivity index (χ0) is 17.9. The fraction of sp³-hybridized carbons (Fsp3) is 0. The molecule has 1 heterocycles. The minimum absolute atomic E-state index is 0.607. The molecule has 0 unspecified atom stereocenters. The van der Waals surface area contributed by atoms with Crippen molar-refractivity contribution >= 4 is 46.3 Å². The molecule has 1 aromatic heterocycles. The summed E-state index contributed by atoms with van der Waals surface area (Å²) in [5, 5.41) is 2.22. The highest BCUT2D eigenvalue weighted by atomic mass is 35.5. The summed E-state index contributed by atoms with van der Waals surface area (Å²) in [5.41, 5.74) is 3.63. The van der Waals surface area contributed by atoms with Gasteiger partial charge in [-0.3, -0.25) is 0 Å². The van der Waals surface area contributed by atoms with E-state index in [2.05, 4.69) is 0 Å². The predicted octanol–water partition coefficient (Wildman–Crippen LogP) is 6.77. The van der Waals surface area contributed by atoms with Crippen LogP contribution in [0.15, 0.2) is 72.8 Å². The largest absolute Gasteiger partial charge is 0.228 e. The number of hydrogen-bond acceptors (Lipinski definition) is 2. The molecule has 0 fully saturated rings. The molecule has 0 aliphatic carbocycles. The highest BCUT2D eigenvalue weighted by Gasteiger charge is 2.07. The van der Waals surface area contributed by atoms with Gasteiger partial charge in [-0.05, 0) is 29.8 Å². The van der Waals surface area contributed by atoms with E-state index in [-0.39, 0.29) is 0 Å². The highest BCUT2D eigenvalue weighted by Crippen LogP contribution is 2.25.